The van der Waals surface area contributed by atoms with Crippen molar-refractivity contribution in [1.29, 1.82) is 0 Å². The Morgan fingerprint density at radius 3 is 2.45 bits per heavy atom. The Bertz CT molecular complexity index is 900. The summed E-state index contributed by atoms with van der Waals surface area (Å²) >= 11 is 0. The average molecular weight is 403 g/mol. The molecule has 1 fully saturated rings. The van der Waals surface area contributed by atoms with Crippen LogP contribution < -0.4 is 5.32 Å². The van der Waals surface area contributed by atoms with Gasteiger partial charge in [0, 0.05) is 29.7 Å². The van der Waals surface area contributed by atoms with Crippen molar-refractivity contribution in [3.8, 4) is 0 Å². The zero-order valence-corrected chi connectivity index (χ0v) is 17.5. The van der Waals surface area contributed by atoms with Gasteiger partial charge in [-0.1, -0.05) is 0 Å². The van der Waals surface area contributed by atoms with Crippen LogP contribution in [-0.2, 0) is 4.79 Å². The predicted molar refractivity (Wildman–Crippen MR) is 112 cm³/mol. The maximum Gasteiger partial charge on any atom is 0.270 e. The summed E-state index contributed by atoms with van der Waals surface area (Å²) in [6.07, 6.45) is 2.50. The molecule has 3 N–H and O–H groups in total. The van der Waals surface area contributed by atoms with Gasteiger partial charge in [0.25, 0.3) is 11.8 Å². The quantitative estimate of drug-likeness (QED) is 0.708. The number of carbonyl (C=O) groups is 2. The molecule has 2 amide bonds. The number of amides is 2. The Hall–Kier alpha value is -2.41. The number of anilines is 1. The number of halogens is 1. The standard InChI is InChI=1S/C22H30FN3O3/c1-21(2,29)13-14-7-9-26(10-8-14)19(27)18-12-15-11-16(5-6-17(15)25-18)24-20(28)22(3,4)23/h5-6,11-12,14,25,29H,7-10,13H2,1-4H3,(H,24,28). The minimum absolute atomic E-state index is 0.0571. The van der Waals surface area contributed by atoms with E-state index in [1.165, 1.54) is 13.8 Å². The fourth-order valence-corrected chi connectivity index (χ4v) is 3.82. The van der Waals surface area contributed by atoms with Crippen LogP contribution in [0.5, 0.6) is 0 Å². The largest absolute Gasteiger partial charge is 0.390 e. The molecule has 158 valence electrons. The third-order valence-corrected chi connectivity index (χ3v) is 5.34. The topological polar surface area (TPSA) is 85.4 Å². The molecule has 29 heavy (non-hydrogen) atoms. The molecule has 3 rings (SSSR count). The molecule has 1 aliphatic heterocycles. The molecule has 2 heterocycles. The summed E-state index contributed by atoms with van der Waals surface area (Å²) in [4.78, 5) is 29.7. The van der Waals surface area contributed by atoms with Crippen LogP contribution in [0.25, 0.3) is 10.9 Å². The van der Waals surface area contributed by atoms with Crippen molar-refractivity contribution in [3.05, 3.63) is 30.0 Å². The number of piperidine rings is 1. The predicted octanol–water partition coefficient (Wildman–Crippen LogP) is 3.87. The van der Waals surface area contributed by atoms with Gasteiger partial charge in [-0.25, -0.2) is 4.39 Å². The molecule has 0 bridgehead atoms. The molecule has 0 radical (unpaired) electrons. The first-order valence-corrected chi connectivity index (χ1v) is 10.1. The van der Waals surface area contributed by atoms with Crippen LogP contribution in [0.2, 0.25) is 0 Å². The van der Waals surface area contributed by atoms with E-state index in [1.807, 2.05) is 18.7 Å². The molecular formula is C22H30FN3O3. The van der Waals surface area contributed by atoms with Crippen LogP contribution in [0.4, 0.5) is 10.1 Å². The smallest absolute Gasteiger partial charge is 0.270 e. The molecule has 1 aromatic carbocycles. The van der Waals surface area contributed by atoms with E-state index in [1.54, 1.807) is 24.3 Å². The van der Waals surface area contributed by atoms with Gasteiger partial charge in [-0.15, -0.1) is 0 Å². The van der Waals surface area contributed by atoms with E-state index in [0.29, 0.717) is 30.4 Å². The maximum atomic E-state index is 13.7. The van der Waals surface area contributed by atoms with Crippen molar-refractivity contribution in [1.82, 2.24) is 9.88 Å². The van der Waals surface area contributed by atoms with Gasteiger partial charge < -0.3 is 20.3 Å². The molecule has 6 nitrogen and oxygen atoms in total. The number of aliphatic hydroxyl groups is 1. The number of carbonyl (C=O) groups excluding carboxylic acids is 2. The number of hydrogen-bond donors (Lipinski definition) is 3. The highest BCUT2D eigenvalue weighted by atomic mass is 19.1. The lowest BCUT2D eigenvalue weighted by Crippen LogP contribution is -2.40. The lowest BCUT2D eigenvalue weighted by Gasteiger charge is -2.34. The lowest BCUT2D eigenvalue weighted by atomic mass is 9.86. The van der Waals surface area contributed by atoms with Crippen LogP contribution in [0.15, 0.2) is 24.3 Å². The van der Waals surface area contributed by atoms with Crippen molar-refractivity contribution in [2.45, 2.75) is 58.2 Å². The summed E-state index contributed by atoms with van der Waals surface area (Å²) in [5, 5.41) is 13.3. The maximum absolute atomic E-state index is 13.7. The fourth-order valence-electron chi connectivity index (χ4n) is 3.82. The number of aromatic amines is 1. The molecule has 1 aliphatic rings. The SMILES string of the molecule is CC(C)(O)CC1CCN(C(=O)c2cc3cc(NC(=O)C(C)(C)F)ccc3[nH]2)CC1. The first-order valence-electron chi connectivity index (χ1n) is 10.1. The van der Waals surface area contributed by atoms with Crippen LogP contribution in [0, 0.1) is 5.92 Å². The summed E-state index contributed by atoms with van der Waals surface area (Å²) < 4.78 is 13.7. The molecule has 0 unspecified atom stereocenters. The van der Waals surface area contributed by atoms with E-state index in [2.05, 4.69) is 10.3 Å². The van der Waals surface area contributed by atoms with Crippen molar-refractivity contribution in [2.24, 2.45) is 5.92 Å². The van der Waals surface area contributed by atoms with Gasteiger partial charge in [-0.2, -0.15) is 0 Å². The second-order valence-electron chi connectivity index (χ2n) is 9.16. The van der Waals surface area contributed by atoms with Gasteiger partial charge in [-0.3, -0.25) is 9.59 Å². The molecule has 0 atom stereocenters. The fraction of sp³-hybridized carbons (Fsp3) is 0.545. The summed E-state index contributed by atoms with van der Waals surface area (Å²) in [6.45, 7) is 7.39. The first kappa shape index (κ1) is 21.3. The van der Waals surface area contributed by atoms with E-state index in [0.717, 1.165) is 30.2 Å². The van der Waals surface area contributed by atoms with Gasteiger partial charge in [-0.05, 0) is 77.1 Å². The normalized spacial score (nSPS) is 16.3. The van der Waals surface area contributed by atoms with E-state index < -0.39 is 17.2 Å². The number of alkyl halides is 1. The molecule has 0 aliphatic carbocycles. The van der Waals surface area contributed by atoms with Gasteiger partial charge >= 0.3 is 0 Å². The van der Waals surface area contributed by atoms with Gasteiger partial charge in [0.05, 0.1) is 5.60 Å². The van der Waals surface area contributed by atoms with Crippen molar-refractivity contribution in [3.63, 3.8) is 0 Å². The minimum atomic E-state index is -1.97. The first-order chi connectivity index (χ1) is 13.4. The summed E-state index contributed by atoms with van der Waals surface area (Å²) in [7, 11) is 0. The van der Waals surface area contributed by atoms with E-state index in [4.69, 9.17) is 0 Å². The minimum Gasteiger partial charge on any atom is -0.390 e. The highest BCUT2D eigenvalue weighted by Crippen LogP contribution is 2.28. The number of aromatic nitrogens is 1. The number of H-pyrrole nitrogens is 1. The zero-order valence-electron chi connectivity index (χ0n) is 17.5. The third-order valence-electron chi connectivity index (χ3n) is 5.34. The number of fused-ring (bicyclic) bond motifs is 1. The molecular weight excluding hydrogens is 373 g/mol. The number of benzene rings is 1. The van der Waals surface area contributed by atoms with Gasteiger partial charge in [0.2, 0.25) is 0 Å². The van der Waals surface area contributed by atoms with Crippen molar-refractivity contribution < 1.29 is 19.1 Å². The second-order valence-corrected chi connectivity index (χ2v) is 9.16. The van der Waals surface area contributed by atoms with Gasteiger partial charge in [0.1, 0.15) is 5.69 Å². The lowest BCUT2D eigenvalue weighted by molar-refractivity contribution is -0.125. The molecule has 0 spiro atoms. The second kappa shape index (κ2) is 7.78. The summed E-state index contributed by atoms with van der Waals surface area (Å²) in [5.41, 5.74) is -0.888. The molecule has 7 heteroatoms. The Morgan fingerprint density at radius 1 is 1.21 bits per heavy atom. The van der Waals surface area contributed by atoms with E-state index >= 15 is 0 Å². The molecule has 1 saturated heterocycles. The average Bonchev–Trinajstić information content (AvgIpc) is 3.03. The highest BCUT2D eigenvalue weighted by molar-refractivity contribution is 6.01. The van der Waals surface area contributed by atoms with E-state index in [9.17, 15) is 19.1 Å². The van der Waals surface area contributed by atoms with E-state index in [-0.39, 0.29) is 5.91 Å². The zero-order chi connectivity index (χ0) is 21.4. The third kappa shape index (κ3) is 5.35. The van der Waals surface area contributed by atoms with Crippen molar-refractivity contribution >= 4 is 28.4 Å². The van der Waals surface area contributed by atoms with Crippen LogP contribution in [0.1, 0.15) is 57.4 Å². The number of rotatable bonds is 5. The van der Waals surface area contributed by atoms with Crippen LogP contribution in [-0.4, -0.2) is 51.2 Å². The number of likely N-dealkylation sites (tertiary alicyclic amines) is 1. The number of hydrogen-bond acceptors (Lipinski definition) is 3. The molecule has 0 saturated carbocycles. The monoisotopic (exact) mass is 403 g/mol. The van der Waals surface area contributed by atoms with Crippen LogP contribution in [0.3, 0.4) is 0 Å². The van der Waals surface area contributed by atoms with Gasteiger partial charge in [0.15, 0.2) is 5.67 Å². The Labute approximate surface area is 170 Å². The summed E-state index contributed by atoms with van der Waals surface area (Å²) in [6, 6.07) is 6.93. The van der Waals surface area contributed by atoms with Crippen molar-refractivity contribution in [2.75, 3.05) is 18.4 Å². The molecule has 2 aromatic rings. The Kier molecular flexibility index (Phi) is 5.72. The Balaban J connectivity index is 1.67. The summed E-state index contributed by atoms with van der Waals surface area (Å²) in [5.74, 6) is -0.344. The Morgan fingerprint density at radius 2 is 1.86 bits per heavy atom. The number of nitrogens with one attached hydrogen (secondary N) is 2. The van der Waals surface area contributed by atoms with Crippen LogP contribution >= 0.6 is 0 Å². The number of nitrogens with zero attached hydrogens (tertiary/aromatic N) is 1. The highest BCUT2D eigenvalue weighted by Gasteiger charge is 2.28. The molecule has 1 aromatic heterocycles.